The van der Waals surface area contributed by atoms with Crippen LogP contribution in [-0.2, 0) is 13.0 Å². The lowest BCUT2D eigenvalue weighted by Crippen LogP contribution is -2.13. The van der Waals surface area contributed by atoms with E-state index in [-0.39, 0.29) is 5.82 Å². The fourth-order valence-electron chi connectivity index (χ4n) is 1.53. The number of aryl methyl sites for hydroxylation is 1. The third kappa shape index (κ3) is 4.00. The van der Waals surface area contributed by atoms with Gasteiger partial charge in [0.15, 0.2) is 0 Å². The first-order chi connectivity index (χ1) is 7.27. The number of benzene rings is 1. The quantitative estimate of drug-likeness (QED) is 0.758. The summed E-state index contributed by atoms with van der Waals surface area (Å²) >= 11 is 0. The molecule has 0 spiro atoms. The average Bonchev–Trinajstić information content (AvgIpc) is 2.25. The average molecular weight is 209 g/mol. The van der Waals surface area contributed by atoms with Crippen molar-refractivity contribution < 1.29 is 4.39 Å². The van der Waals surface area contributed by atoms with Crippen molar-refractivity contribution >= 4 is 0 Å². The Morgan fingerprint density at radius 2 is 2.07 bits per heavy atom. The summed E-state index contributed by atoms with van der Waals surface area (Å²) in [6.45, 7) is 5.66. The minimum absolute atomic E-state index is 0.0791. The molecule has 0 aliphatic heterocycles. The molecule has 0 bridgehead atoms. The van der Waals surface area contributed by atoms with Gasteiger partial charge >= 0.3 is 0 Å². The molecule has 0 saturated carbocycles. The molecule has 0 heterocycles. The summed E-state index contributed by atoms with van der Waals surface area (Å²) in [4.78, 5) is 0. The second-order valence-corrected chi connectivity index (χ2v) is 3.81. The van der Waals surface area contributed by atoms with Gasteiger partial charge in [0, 0.05) is 12.1 Å². The van der Waals surface area contributed by atoms with Crippen molar-refractivity contribution in [1.29, 1.82) is 0 Å². The summed E-state index contributed by atoms with van der Waals surface area (Å²) < 4.78 is 13.6. The Balaban J connectivity index is 2.61. The fraction of sp³-hybridized carbons (Fsp3) is 0.538. The van der Waals surface area contributed by atoms with Crippen LogP contribution < -0.4 is 5.32 Å². The van der Waals surface area contributed by atoms with Crippen LogP contribution in [0.2, 0.25) is 0 Å². The third-order valence-electron chi connectivity index (χ3n) is 2.50. The van der Waals surface area contributed by atoms with Gasteiger partial charge in [-0.25, -0.2) is 4.39 Å². The van der Waals surface area contributed by atoms with Crippen LogP contribution in [0.5, 0.6) is 0 Å². The second kappa shape index (κ2) is 6.57. The van der Waals surface area contributed by atoms with E-state index in [9.17, 15) is 4.39 Å². The first-order valence-corrected chi connectivity index (χ1v) is 5.76. The van der Waals surface area contributed by atoms with E-state index in [4.69, 9.17) is 0 Å². The maximum absolute atomic E-state index is 13.6. The molecule has 0 aliphatic rings. The number of hydrogen-bond acceptors (Lipinski definition) is 1. The molecule has 0 aliphatic carbocycles. The SMILES string of the molecule is CCCCc1ccc(CNCC)c(F)c1. The van der Waals surface area contributed by atoms with Gasteiger partial charge in [0.2, 0.25) is 0 Å². The first-order valence-electron chi connectivity index (χ1n) is 5.76. The van der Waals surface area contributed by atoms with E-state index in [1.807, 2.05) is 19.1 Å². The molecular weight excluding hydrogens is 189 g/mol. The van der Waals surface area contributed by atoms with Crippen LogP contribution in [0.3, 0.4) is 0 Å². The van der Waals surface area contributed by atoms with Crippen LogP contribution in [0.25, 0.3) is 0 Å². The summed E-state index contributed by atoms with van der Waals surface area (Å²) in [5, 5.41) is 3.13. The van der Waals surface area contributed by atoms with Crippen molar-refractivity contribution in [3.63, 3.8) is 0 Å². The standard InChI is InChI=1S/C13H20FN/c1-3-5-6-11-7-8-12(10-15-4-2)13(14)9-11/h7-9,15H,3-6,10H2,1-2H3. The predicted molar refractivity (Wildman–Crippen MR) is 62.4 cm³/mol. The van der Waals surface area contributed by atoms with Crippen molar-refractivity contribution in [3.05, 3.63) is 35.1 Å². The highest BCUT2D eigenvalue weighted by atomic mass is 19.1. The smallest absolute Gasteiger partial charge is 0.127 e. The third-order valence-corrected chi connectivity index (χ3v) is 2.50. The zero-order valence-electron chi connectivity index (χ0n) is 9.65. The molecule has 0 fully saturated rings. The maximum Gasteiger partial charge on any atom is 0.127 e. The van der Waals surface area contributed by atoms with Gasteiger partial charge in [-0.15, -0.1) is 0 Å². The molecule has 1 aromatic carbocycles. The van der Waals surface area contributed by atoms with Gasteiger partial charge in [-0.05, 0) is 31.0 Å². The molecule has 0 unspecified atom stereocenters. The summed E-state index contributed by atoms with van der Waals surface area (Å²) in [5.41, 5.74) is 1.87. The molecular formula is C13H20FN. The Bertz CT molecular complexity index is 297. The van der Waals surface area contributed by atoms with Crippen LogP contribution in [-0.4, -0.2) is 6.54 Å². The van der Waals surface area contributed by atoms with E-state index in [1.165, 1.54) is 0 Å². The van der Waals surface area contributed by atoms with Crippen LogP contribution in [0.15, 0.2) is 18.2 Å². The molecule has 15 heavy (non-hydrogen) atoms. The topological polar surface area (TPSA) is 12.0 Å². The summed E-state index contributed by atoms with van der Waals surface area (Å²) in [6.07, 6.45) is 3.27. The van der Waals surface area contributed by atoms with Crippen LogP contribution in [0, 0.1) is 5.82 Å². The molecule has 0 radical (unpaired) electrons. The van der Waals surface area contributed by atoms with E-state index in [0.29, 0.717) is 6.54 Å². The number of nitrogens with one attached hydrogen (secondary N) is 1. The van der Waals surface area contributed by atoms with Crippen molar-refractivity contribution in [2.24, 2.45) is 0 Å². The van der Waals surface area contributed by atoms with Crippen LogP contribution >= 0.6 is 0 Å². The molecule has 1 N–H and O–H groups in total. The lowest BCUT2D eigenvalue weighted by molar-refractivity contribution is 0.590. The molecule has 0 atom stereocenters. The zero-order chi connectivity index (χ0) is 11.1. The van der Waals surface area contributed by atoms with Gasteiger partial charge in [-0.1, -0.05) is 32.4 Å². The molecule has 1 aromatic rings. The number of unbranched alkanes of at least 4 members (excludes halogenated alkanes) is 1. The van der Waals surface area contributed by atoms with Gasteiger partial charge < -0.3 is 5.32 Å². The Labute approximate surface area is 91.7 Å². The van der Waals surface area contributed by atoms with Gasteiger partial charge in [-0.2, -0.15) is 0 Å². The number of halogens is 1. The molecule has 2 heteroatoms. The highest BCUT2D eigenvalue weighted by Crippen LogP contribution is 2.12. The van der Waals surface area contributed by atoms with Crippen LogP contribution in [0.4, 0.5) is 4.39 Å². The molecule has 0 saturated heterocycles. The molecule has 1 rings (SSSR count). The Hall–Kier alpha value is -0.890. The van der Waals surface area contributed by atoms with Gasteiger partial charge in [0.25, 0.3) is 0 Å². The summed E-state index contributed by atoms with van der Waals surface area (Å²) in [5.74, 6) is -0.0791. The van der Waals surface area contributed by atoms with Crippen molar-refractivity contribution in [1.82, 2.24) is 5.32 Å². The maximum atomic E-state index is 13.6. The minimum Gasteiger partial charge on any atom is -0.313 e. The zero-order valence-corrected chi connectivity index (χ0v) is 9.65. The highest BCUT2D eigenvalue weighted by Gasteiger charge is 2.02. The van der Waals surface area contributed by atoms with Crippen LogP contribution in [0.1, 0.15) is 37.8 Å². The van der Waals surface area contributed by atoms with E-state index < -0.39 is 0 Å². The lowest BCUT2D eigenvalue weighted by Gasteiger charge is -2.06. The van der Waals surface area contributed by atoms with Gasteiger partial charge in [0.05, 0.1) is 0 Å². The van der Waals surface area contributed by atoms with Crippen molar-refractivity contribution in [2.45, 2.75) is 39.7 Å². The van der Waals surface area contributed by atoms with Crippen molar-refractivity contribution in [2.75, 3.05) is 6.54 Å². The number of hydrogen-bond donors (Lipinski definition) is 1. The first kappa shape index (κ1) is 12.2. The van der Waals surface area contributed by atoms with E-state index in [2.05, 4.69) is 12.2 Å². The summed E-state index contributed by atoms with van der Waals surface area (Å²) in [6, 6.07) is 5.59. The van der Waals surface area contributed by atoms with E-state index in [0.717, 1.165) is 36.9 Å². The summed E-state index contributed by atoms with van der Waals surface area (Å²) in [7, 11) is 0. The second-order valence-electron chi connectivity index (χ2n) is 3.81. The van der Waals surface area contributed by atoms with Gasteiger partial charge in [-0.3, -0.25) is 0 Å². The largest absolute Gasteiger partial charge is 0.313 e. The molecule has 0 amide bonds. The normalized spacial score (nSPS) is 10.6. The molecule has 0 aromatic heterocycles. The highest BCUT2D eigenvalue weighted by molar-refractivity contribution is 5.24. The fourth-order valence-corrected chi connectivity index (χ4v) is 1.53. The Kier molecular flexibility index (Phi) is 5.33. The Morgan fingerprint density at radius 1 is 1.27 bits per heavy atom. The predicted octanol–water partition coefficient (Wildman–Crippen LogP) is 3.28. The Morgan fingerprint density at radius 3 is 2.67 bits per heavy atom. The van der Waals surface area contributed by atoms with Crippen molar-refractivity contribution in [3.8, 4) is 0 Å². The monoisotopic (exact) mass is 209 g/mol. The van der Waals surface area contributed by atoms with E-state index in [1.54, 1.807) is 6.07 Å². The lowest BCUT2D eigenvalue weighted by atomic mass is 10.1. The number of rotatable bonds is 6. The minimum atomic E-state index is -0.0791. The van der Waals surface area contributed by atoms with Gasteiger partial charge in [0.1, 0.15) is 5.82 Å². The molecule has 84 valence electrons. The van der Waals surface area contributed by atoms with E-state index >= 15 is 0 Å². The molecule has 1 nitrogen and oxygen atoms in total.